The molecular weight excluding hydrogens is 361 g/mol. The molecule has 1 amide bonds. The van der Waals surface area contributed by atoms with Crippen LogP contribution < -0.4 is 4.74 Å². The fourth-order valence-electron chi connectivity index (χ4n) is 2.69. The maximum absolute atomic E-state index is 14.1. The van der Waals surface area contributed by atoms with Gasteiger partial charge in [-0.05, 0) is 45.4 Å². The number of hydrogen-bond donors (Lipinski definition) is 0. The number of nitrogens with zero attached hydrogens (tertiary/aromatic N) is 1. The fraction of sp³-hybridized carbons (Fsp3) is 0.364. The van der Waals surface area contributed by atoms with E-state index in [0.717, 1.165) is 11.6 Å². The molecule has 0 radical (unpaired) electrons. The van der Waals surface area contributed by atoms with E-state index in [9.17, 15) is 14.0 Å². The number of benzene rings is 2. The predicted octanol–water partition coefficient (Wildman–Crippen LogP) is 4.21. The highest BCUT2D eigenvalue weighted by molar-refractivity contribution is 5.92. The lowest BCUT2D eigenvalue weighted by Crippen LogP contribution is -2.49. The summed E-state index contributed by atoms with van der Waals surface area (Å²) in [4.78, 5) is 27.0. The summed E-state index contributed by atoms with van der Waals surface area (Å²) in [6, 6.07) is 13.4. The highest BCUT2D eigenvalue weighted by Gasteiger charge is 2.32. The van der Waals surface area contributed by atoms with Gasteiger partial charge in [-0.1, -0.05) is 30.3 Å². The van der Waals surface area contributed by atoms with Crippen LogP contribution in [-0.4, -0.2) is 35.5 Å². The minimum Gasteiger partial charge on any atom is -0.497 e. The number of esters is 1. The van der Waals surface area contributed by atoms with Gasteiger partial charge in [0.05, 0.1) is 12.7 Å². The zero-order chi connectivity index (χ0) is 20.9. The third-order valence-electron chi connectivity index (χ3n) is 4.29. The number of carbonyl (C=O) groups excluding carboxylic acids is 2. The molecule has 0 aliphatic rings. The van der Waals surface area contributed by atoms with Gasteiger partial charge in [0.25, 0.3) is 5.91 Å². The summed E-state index contributed by atoms with van der Waals surface area (Å²) in [5, 5.41) is 0. The lowest BCUT2D eigenvalue weighted by Gasteiger charge is -2.37. The van der Waals surface area contributed by atoms with E-state index in [1.54, 1.807) is 4.90 Å². The zero-order valence-corrected chi connectivity index (χ0v) is 16.9. The van der Waals surface area contributed by atoms with Crippen LogP contribution in [-0.2, 0) is 16.1 Å². The van der Waals surface area contributed by atoms with Crippen molar-refractivity contribution < 1.29 is 23.5 Å². The van der Waals surface area contributed by atoms with E-state index in [2.05, 4.69) is 0 Å². The Kier molecular flexibility index (Phi) is 6.78. The van der Waals surface area contributed by atoms with E-state index in [-0.39, 0.29) is 11.5 Å². The number of methoxy groups -OCH3 is 1. The van der Waals surface area contributed by atoms with Crippen LogP contribution in [0.2, 0.25) is 0 Å². The van der Waals surface area contributed by atoms with Gasteiger partial charge < -0.3 is 14.4 Å². The van der Waals surface area contributed by atoms with Gasteiger partial charge >= 0.3 is 5.97 Å². The molecular formula is C22H26FNO4. The van der Waals surface area contributed by atoms with Crippen molar-refractivity contribution in [3.05, 3.63) is 65.5 Å². The molecule has 2 aromatic carbocycles. The number of carbonyl (C=O) groups is 2. The molecule has 5 nitrogen and oxygen atoms in total. The molecule has 150 valence electrons. The largest absolute Gasteiger partial charge is 0.497 e. The van der Waals surface area contributed by atoms with Crippen LogP contribution in [0.5, 0.6) is 5.75 Å². The molecule has 0 heterocycles. The van der Waals surface area contributed by atoms with Crippen LogP contribution in [0, 0.1) is 5.82 Å². The minimum absolute atomic E-state index is 0.245. The molecule has 0 bridgehead atoms. The molecule has 0 N–H and O–H groups in total. The third-order valence-corrected chi connectivity index (χ3v) is 4.29. The van der Waals surface area contributed by atoms with Crippen molar-refractivity contribution in [3.8, 4) is 5.75 Å². The van der Waals surface area contributed by atoms with Crippen molar-refractivity contribution >= 4 is 11.9 Å². The lowest BCUT2D eigenvalue weighted by molar-refractivity contribution is -0.145. The Labute approximate surface area is 165 Å². The van der Waals surface area contributed by atoms with Crippen molar-refractivity contribution in [2.24, 2.45) is 0 Å². The van der Waals surface area contributed by atoms with E-state index in [1.807, 2.05) is 51.1 Å². The maximum Gasteiger partial charge on any atom is 0.341 e. The van der Waals surface area contributed by atoms with Crippen molar-refractivity contribution in [3.63, 3.8) is 0 Å². The summed E-state index contributed by atoms with van der Waals surface area (Å²) in [5.74, 6) is -1.71. The van der Waals surface area contributed by atoms with Crippen LogP contribution in [0.25, 0.3) is 0 Å². The molecule has 0 unspecified atom stereocenters. The monoisotopic (exact) mass is 387 g/mol. The molecule has 0 spiro atoms. The Morgan fingerprint density at radius 2 is 1.75 bits per heavy atom. The Morgan fingerprint density at radius 1 is 1.11 bits per heavy atom. The van der Waals surface area contributed by atoms with Crippen LogP contribution in [0.1, 0.15) is 43.6 Å². The van der Waals surface area contributed by atoms with Crippen LogP contribution in [0.3, 0.4) is 0 Å². The fourth-order valence-corrected chi connectivity index (χ4v) is 2.69. The normalized spacial score (nSPS) is 12.2. The molecule has 1 atom stereocenters. The van der Waals surface area contributed by atoms with Gasteiger partial charge in [-0.25, -0.2) is 9.18 Å². The van der Waals surface area contributed by atoms with Gasteiger partial charge in [0.2, 0.25) is 0 Å². The Bertz CT molecular complexity index is 830. The highest BCUT2D eigenvalue weighted by Crippen LogP contribution is 2.21. The summed E-state index contributed by atoms with van der Waals surface area (Å²) >= 11 is 0. The van der Waals surface area contributed by atoms with Crippen LogP contribution in [0.15, 0.2) is 48.5 Å². The molecule has 0 fully saturated rings. The Morgan fingerprint density at radius 3 is 2.29 bits per heavy atom. The van der Waals surface area contributed by atoms with Gasteiger partial charge in [0.15, 0.2) is 6.10 Å². The standard InChI is InChI=1S/C22H26FNO4/c1-15(28-21(26)18-12-11-17(27-5)13-19(18)23)20(25)24(22(2,3)4)14-16-9-7-6-8-10-16/h6-13,15H,14H2,1-5H3/t15-/m0/s1. The summed E-state index contributed by atoms with van der Waals surface area (Å²) in [7, 11) is 1.40. The predicted molar refractivity (Wildman–Crippen MR) is 105 cm³/mol. The molecule has 28 heavy (non-hydrogen) atoms. The molecule has 0 saturated carbocycles. The second kappa shape index (κ2) is 8.87. The van der Waals surface area contributed by atoms with Crippen LogP contribution >= 0.6 is 0 Å². The molecule has 0 aliphatic carbocycles. The zero-order valence-electron chi connectivity index (χ0n) is 16.9. The van der Waals surface area contributed by atoms with Gasteiger partial charge in [-0.3, -0.25) is 4.79 Å². The third kappa shape index (κ3) is 5.31. The first-order valence-corrected chi connectivity index (χ1v) is 9.03. The molecule has 2 aromatic rings. The van der Waals surface area contributed by atoms with Crippen LogP contribution in [0.4, 0.5) is 4.39 Å². The number of halogens is 1. The first-order chi connectivity index (χ1) is 13.1. The number of hydrogen-bond acceptors (Lipinski definition) is 4. The number of rotatable bonds is 6. The van der Waals surface area contributed by atoms with E-state index < -0.39 is 23.4 Å². The molecule has 2 rings (SSSR count). The first-order valence-electron chi connectivity index (χ1n) is 9.03. The molecule has 6 heteroatoms. The smallest absolute Gasteiger partial charge is 0.341 e. The Balaban J connectivity index is 2.15. The summed E-state index contributed by atoms with van der Waals surface area (Å²) in [5.41, 5.74) is 0.232. The summed E-state index contributed by atoms with van der Waals surface area (Å²) in [6.07, 6.45) is -1.06. The van der Waals surface area contributed by atoms with Gasteiger partial charge in [0.1, 0.15) is 11.6 Å². The quantitative estimate of drug-likeness (QED) is 0.697. The van der Waals surface area contributed by atoms with Gasteiger partial charge in [0, 0.05) is 18.2 Å². The van der Waals surface area contributed by atoms with Crippen molar-refractivity contribution in [1.29, 1.82) is 0 Å². The van der Waals surface area contributed by atoms with E-state index in [0.29, 0.717) is 12.3 Å². The molecule has 0 saturated heterocycles. The summed E-state index contributed by atoms with van der Waals surface area (Å²) < 4.78 is 24.3. The van der Waals surface area contributed by atoms with E-state index >= 15 is 0 Å². The average Bonchev–Trinajstić information content (AvgIpc) is 2.65. The van der Waals surface area contributed by atoms with Crippen molar-refractivity contribution in [2.45, 2.75) is 45.9 Å². The highest BCUT2D eigenvalue weighted by atomic mass is 19.1. The van der Waals surface area contributed by atoms with Gasteiger partial charge in [-0.2, -0.15) is 0 Å². The average molecular weight is 387 g/mol. The van der Waals surface area contributed by atoms with Crippen molar-refractivity contribution in [2.75, 3.05) is 7.11 Å². The molecule has 0 aliphatic heterocycles. The van der Waals surface area contributed by atoms with E-state index in [4.69, 9.17) is 9.47 Å². The topological polar surface area (TPSA) is 55.8 Å². The lowest BCUT2D eigenvalue weighted by atomic mass is 10.0. The first kappa shape index (κ1) is 21.4. The van der Waals surface area contributed by atoms with Crippen molar-refractivity contribution in [1.82, 2.24) is 4.90 Å². The number of ether oxygens (including phenoxy) is 2. The molecule has 0 aromatic heterocycles. The maximum atomic E-state index is 14.1. The SMILES string of the molecule is COc1ccc(C(=O)O[C@@H](C)C(=O)N(Cc2ccccc2)C(C)(C)C)c(F)c1. The van der Waals surface area contributed by atoms with Gasteiger partial charge in [-0.15, -0.1) is 0 Å². The number of amides is 1. The summed E-state index contributed by atoms with van der Waals surface area (Å²) in [6.45, 7) is 7.59. The second-order valence-electron chi connectivity index (χ2n) is 7.47. The minimum atomic E-state index is -1.06. The van der Waals surface area contributed by atoms with E-state index in [1.165, 1.54) is 26.2 Å². The Hall–Kier alpha value is -2.89. The second-order valence-corrected chi connectivity index (χ2v) is 7.47.